The highest BCUT2D eigenvalue weighted by Gasteiger charge is 2.41. The number of hydrogen-bond donors (Lipinski definition) is 2. The predicted molar refractivity (Wildman–Crippen MR) is 104 cm³/mol. The smallest absolute Gasteiger partial charge is 0.407 e. The summed E-state index contributed by atoms with van der Waals surface area (Å²) in [6, 6.07) is 9.86. The molecule has 2 amide bonds. The van der Waals surface area contributed by atoms with E-state index in [1.807, 2.05) is 41.4 Å². The molecule has 0 radical (unpaired) electrons. The Bertz CT molecular complexity index is 835. The highest BCUT2D eigenvalue weighted by molar-refractivity contribution is 5.81. The Morgan fingerprint density at radius 2 is 2.00 bits per heavy atom. The van der Waals surface area contributed by atoms with Crippen LogP contribution in [0.1, 0.15) is 44.0 Å². The van der Waals surface area contributed by atoms with Crippen molar-refractivity contribution in [3.63, 3.8) is 0 Å². The minimum absolute atomic E-state index is 0.0376. The molecule has 2 heterocycles. The number of benzene rings is 1. The van der Waals surface area contributed by atoms with Gasteiger partial charge in [0.1, 0.15) is 5.82 Å². The van der Waals surface area contributed by atoms with Gasteiger partial charge in [-0.15, -0.1) is 0 Å². The van der Waals surface area contributed by atoms with E-state index >= 15 is 0 Å². The number of rotatable bonds is 4. The number of nitrogens with zero attached hydrogens (tertiary/aromatic N) is 2. The zero-order valence-corrected chi connectivity index (χ0v) is 16.1. The topological polar surface area (TPSA) is 87.3 Å². The summed E-state index contributed by atoms with van der Waals surface area (Å²) < 4.78 is 4.71. The zero-order chi connectivity index (χ0) is 19.5. The van der Waals surface area contributed by atoms with Gasteiger partial charge in [0.15, 0.2) is 0 Å². The van der Waals surface area contributed by atoms with E-state index in [-0.39, 0.29) is 23.9 Å². The number of methoxy groups -OCH3 is 1. The summed E-state index contributed by atoms with van der Waals surface area (Å²) in [5.41, 5.74) is 2.04. The number of carbonyl (C=O) groups is 2. The quantitative estimate of drug-likeness (QED) is 0.850. The second-order valence-corrected chi connectivity index (χ2v) is 7.52. The molecule has 1 saturated carbocycles. The van der Waals surface area contributed by atoms with Crippen LogP contribution in [-0.4, -0.2) is 46.6 Å². The number of hydrogen-bond acceptors (Lipinski definition) is 4. The Balaban J connectivity index is 1.50. The largest absolute Gasteiger partial charge is 0.453 e. The highest BCUT2D eigenvalue weighted by atomic mass is 16.5. The molecule has 2 N–H and O–H groups in total. The number of alkyl carbamates (subject to hydrolysis) is 1. The van der Waals surface area contributed by atoms with Crippen molar-refractivity contribution in [2.24, 2.45) is 5.92 Å². The van der Waals surface area contributed by atoms with Crippen molar-refractivity contribution in [1.82, 2.24) is 20.2 Å². The lowest BCUT2D eigenvalue weighted by molar-refractivity contribution is -0.137. The lowest BCUT2D eigenvalue weighted by Gasteiger charge is -2.29. The van der Waals surface area contributed by atoms with Crippen LogP contribution in [0.15, 0.2) is 36.5 Å². The molecule has 1 aliphatic heterocycles. The van der Waals surface area contributed by atoms with Gasteiger partial charge in [0.2, 0.25) is 5.91 Å². The number of aromatic amines is 1. The van der Waals surface area contributed by atoms with Crippen LogP contribution in [0.2, 0.25) is 0 Å². The molecular weight excluding hydrogens is 356 g/mol. The van der Waals surface area contributed by atoms with E-state index in [1.54, 1.807) is 0 Å². The van der Waals surface area contributed by atoms with Crippen LogP contribution in [0, 0.1) is 5.92 Å². The summed E-state index contributed by atoms with van der Waals surface area (Å²) in [7, 11) is 1.35. The van der Waals surface area contributed by atoms with Crippen LogP contribution in [0.4, 0.5) is 4.79 Å². The minimum Gasteiger partial charge on any atom is -0.453 e. The van der Waals surface area contributed by atoms with E-state index in [4.69, 9.17) is 4.74 Å². The second kappa shape index (κ2) is 8.04. The van der Waals surface area contributed by atoms with Crippen molar-refractivity contribution in [3.05, 3.63) is 42.4 Å². The van der Waals surface area contributed by atoms with E-state index in [0.29, 0.717) is 0 Å². The Labute approximate surface area is 164 Å². The summed E-state index contributed by atoms with van der Waals surface area (Å²) in [6.45, 7) is 0.728. The van der Waals surface area contributed by atoms with Crippen LogP contribution in [0.5, 0.6) is 0 Å². The zero-order valence-electron chi connectivity index (χ0n) is 16.1. The fraction of sp³-hybridized carbons (Fsp3) is 0.476. The normalized spacial score (nSPS) is 24.3. The average Bonchev–Trinajstić information content (AvgIpc) is 3.47. The maximum atomic E-state index is 13.3. The van der Waals surface area contributed by atoms with Crippen LogP contribution < -0.4 is 5.32 Å². The summed E-state index contributed by atoms with van der Waals surface area (Å²) in [5, 5.41) is 2.83. The van der Waals surface area contributed by atoms with Crippen LogP contribution in [-0.2, 0) is 9.53 Å². The van der Waals surface area contributed by atoms with E-state index < -0.39 is 6.09 Å². The average molecular weight is 382 g/mol. The maximum absolute atomic E-state index is 13.3. The molecule has 0 spiro atoms. The lowest BCUT2D eigenvalue weighted by atomic mass is 10.0. The van der Waals surface area contributed by atoms with Gasteiger partial charge in [-0.3, -0.25) is 4.79 Å². The van der Waals surface area contributed by atoms with E-state index in [1.165, 1.54) is 7.11 Å². The molecule has 28 heavy (non-hydrogen) atoms. The van der Waals surface area contributed by atoms with Crippen molar-refractivity contribution in [2.45, 2.75) is 44.2 Å². The Hall–Kier alpha value is -2.83. The first-order chi connectivity index (χ1) is 13.7. The third kappa shape index (κ3) is 3.61. The van der Waals surface area contributed by atoms with Crippen molar-refractivity contribution < 1.29 is 14.3 Å². The van der Waals surface area contributed by atoms with Gasteiger partial charge < -0.3 is 19.9 Å². The molecule has 2 aromatic rings. The molecule has 0 unspecified atom stereocenters. The molecule has 1 aliphatic carbocycles. The predicted octanol–water partition coefficient (Wildman–Crippen LogP) is 3.26. The standard InChI is InChI=1S/C21H26N4O3/c1-28-21(27)24-16-10-5-9-15(16)20(26)25-12-6-11-18(25)19-22-13-17(23-19)14-7-3-2-4-8-14/h2-4,7-8,13,15-16,18H,5-6,9-12H2,1H3,(H,22,23)(H,24,27)/t15-,16-,18+/m1/s1. The molecule has 1 aromatic carbocycles. The van der Waals surface area contributed by atoms with Gasteiger partial charge in [-0.1, -0.05) is 36.8 Å². The van der Waals surface area contributed by atoms with E-state index in [2.05, 4.69) is 15.3 Å². The van der Waals surface area contributed by atoms with Crippen LogP contribution in [0.3, 0.4) is 0 Å². The first-order valence-electron chi connectivity index (χ1n) is 9.92. The molecule has 1 aromatic heterocycles. The molecule has 1 saturated heterocycles. The maximum Gasteiger partial charge on any atom is 0.407 e. The minimum atomic E-state index is -0.471. The number of H-pyrrole nitrogens is 1. The molecule has 4 rings (SSSR count). The number of imidazole rings is 1. The molecule has 2 fully saturated rings. The highest BCUT2D eigenvalue weighted by Crippen LogP contribution is 2.36. The fourth-order valence-corrected chi connectivity index (χ4v) is 4.44. The second-order valence-electron chi connectivity index (χ2n) is 7.52. The molecule has 7 heteroatoms. The Morgan fingerprint density at radius 1 is 1.18 bits per heavy atom. The third-order valence-corrected chi connectivity index (χ3v) is 5.85. The van der Waals surface area contributed by atoms with Gasteiger partial charge in [0.25, 0.3) is 0 Å². The Morgan fingerprint density at radius 3 is 2.79 bits per heavy atom. The Kier molecular flexibility index (Phi) is 5.32. The molecule has 2 aliphatic rings. The van der Waals surface area contributed by atoms with Crippen molar-refractivity contribution in [3.8, 4) is 11.3 Å². The molecule has 148 valence electrons. The van der Waals surface area contributed by atoms with Crippen molar-refractivity contribution in [1.29, 1.82) is 0 Å². The van der Waals surface area contributed by atoms with Gasteiger partial charge in [0.05, 0.1) is 31.0 Å². The van der Waals surface area contributed by atoms with E-state index in [9.17, 15) is 9.59 Å². The van der Waals surface area contributed by atoms with Crippen LogP contribution in [0.25, 0.3) is 11.3 Å². The van der Waals surface area contributed by atoms with Gasteiger partial charge >= 0.3 is 6.09 Å². The number of likely N-dealkylation sites (tertiary alicyclic amines) is 1. The van der Waals surface area contributed by atoms with Gasteiger partial charge in [-0.05, 0) is 31.2 Å². The van der Waals surface area contributed by atoms with Gasteiger partial charge in [0, 0.05) is 12.6 Å². The summed E-state index contributed by atoms with van der Waals surface area (Å²) in [4.78, 5) is 34.8. The summed E-state index contributed by atoms with van der Waals surface area (Å²) in [6.07, 6.45) is 5.76. The van der Waals surface area contributed by atoms with Crippen molar-refractivity contribution in [2.75, 3.05) is 13.7 Å². The number of amides is 2. The van der Waals surface area contributed by atoms with Gasteiger partial charge in [-0.2, -0.15) is 0 Å². The number of aromatic nitrogens is 2. The third-order valence-electron chi connectivity index (χ3n) is 5.85. The van der Waals surface area contributed by atoms with Gasteiger partial charge in [-0.25, -0.2) is 9.78 Å². The molecule has 3 atom stereocenters. The first-order valence-corrected chi connectivity index (χ1v) is 9.92. The number of ether oxygens (including phenoxy) is 1. The first kappa shape index (κ1) is 18.5. The van der Waals surface area contributed by atoms with E-state index in [0.717, 1.165) is 55.7 Å². The van der Waals surface area contributed by atoms with Crippen LogP contribution >= 0.6 is 0 Å². The monoisotopic (exact) mass is 382 g/mol. The summed E-state index contributed by atoms with van der Waals surface area (Å²) in [5.74, 6) is 0.752. The SMILES string of the molecule is COC(=O)N[C@@H]1CCC[C@H]1C(=O)N1CCC[C@H]1c1ncc(-c2ccccc2)[nH]1. The summed E-state index contributed by atoms with van der Waals surface area (Å²) >= 11 is 0. The molecule has 0 bridgehead atoms. The molecule has 7 nitrogen and oxygen atoms in total. The molecular formula is C21H26N4O3. The number of carbonyl (C=O) groups excluding carboxylic acids is 2. The van der Waals surface area contributed by atoms with Crippen molar-refractivity contribution >= 4 is 12.0 Å². The fourth-order valence-electron chi connectivity index (χ4n) is 4.44. The lowest BCUT2D eigenvalue weighted by Crippen LogP contribution is -2.45. The number of nitrogens with one attached hydrogen (secondary N) is 2.